The Hall–Kier alpha value is -3.10. The van der Waals surface area contributed by atoms with Gasteiger partial charge in [-0.15, -0.1) is 0 Å². The van der Waals surface area contributed by atoms with Crippen LogP contribution in [0.15, 0.2) is 47.4 Å². The fraction of sp³-hybridized carbons (Fsp3) is 0.133. The molecule has 0 fully saturated rings. The van der Waals surface area contributed by atoms with Gasteiger partial charge in [-0.3, -0.25) is 9.59 Å². The number of carbonyl (C=O) groups is 2. The zero-order valence-electron chi connectivity index (χ0n) is 12.0. The minimum atomic E-state index is -4.55. The van der Waals surface area contributed by atoms with E-state index in [9.17, 15) is 27.6 Å². The second-order valence-electron chi connectivity index (χ2n) is 4.82. The Morgan fingerprint density at radius 2 is 1.88 bits per heavy atom. The van der Waals surface area contributed by atoms with Crippen LogP contribution in [0, 0.1) is 0 Å². The van der Waals surface area contributed by atoms with E-state index >= 15 is 0 Å². The number of alkyl halides is 3. The van der Waals surface area contributed by atoms with Gasteiger partial charge < -0.3 is 15.0 Å². The van der Waals surface area contributed by atoms with E-state index in [2.05, 4.69) is 5.32 Å². The van der Waals surface area contributed by atoms with Gasteiger partial charge in [0.15, 0.2) is 0 Å². The summed E-state index contributed by atoms with van der Waals surface area (Å²) in [5.74, 6) is -2.04. The number of nitrogens with zero attached hydrogens (tertiary/aromatic N) is 1. The number of benzene rings is 1. The van der Waals surface area contributed by atoms with Gasteiger partial charge in [-0.1, -0.05) is 6.07 Å². The van der Waals surface area contributed by atoms with Gasteiger partial charge in [0.25, 0.3) is 5.56 Å². The molecule has 126 valence electrons. The third-order valence-corrected chi connectivity index (χ3v) is 3.02. The first-order chi connectivity index (χ1) is 11.2. The maximum Gasteiger partial charge on any atom is 0.416 e. The lowest BCUT2D eigenvalue weighted by atomic mass is 10.2. The van der Waals surface area contributed by atoms with Crippen molar-refractivity contribution in [2.24, 2.45) is 0 Å². The van der Waals surface area contributed by atoms with Crippen molar-refractivity contribution in [3.63, 3.8) is 0 Å². The first-order valence-electron chi connectivity index (χ1n) is 6.58. The highest BCUT2D eigenvalue weighted by Gasteiger charge is 2.30. The van der Waals surface area contributed by atoms with Crippen molar-refractivity contribution >= 4 is 17.6 Å². The van der Waals surface area contributed by atoms with E-state index < -0.39 is 35.7 Å². The van der Waals surface area contributed by atoms with Crippen LogP contribution in [0.4, 0.5) is 18.9 Å². The number of aromatic nitrogens is 1. The summed E-state index contributed by atoms with van der Waals surface area (Å²) in [6.45, 7) is -0.532. The minimum absolute atomic E-state index is 0.0859. The molecule has 0 saturated carbocycles. The largest absolute Gasteiger partial charge is 0.478 e. The van der Waals surface area contributed by atoms with E-state index in [1.807, 2.05) is 0 Å². The molecule has 2 rings (SSSR count). The monoisotopic (exact) mass is 340 g/mol. The molecule has 0 unspecified atom stereocenters. The van der Waals surface area contributed by atoms with Gasteiger partial charge in [0.2, 0.25) is 5.91 Å². The van der Waals surface area contributed by atoms with E-state index in [-0.39, 0.29) is 11.3 Å². The highest BCUT2D eigenvalue weighted by Crippen LogP contribution is 2.30. The normalized spacial score (nSPS) is 11.1. The Morgan fingerprint density at radius 1 is 1.17 bits per heavy atom. The third-order valence-electron chi connectivity index (χ3n) is 3.02. The molecule has 2 N–H and O–H groups in total. The summed E-state index contributed by atoms with van der Waals surface area (Å²) in [7, 11) is 0. The zero-order valence-corrected chi connectivity index (χ0v) is 12.0. The van der Waals surface area contributed by atoms with Crippen molar-refractivity contribution in [2.75, 3.05) is 5.32 Å². The van der Waals surface area contributed by atoms with Crippen LogP contribution >= 0.6 is 0 Å². The van der Waals surface area contributed by atoms with Crippen molar-refractivity contribution in [2.45, 2.75) is 12.7 Å². The summed E-state index contributed by atoms with van der Waals surface area (Å²) in [4.78, 5) is 34.3. The molecule has 0 spiro atoms. The van der Waals surface area contributed by atoms with Crippen molar-refractivity contribution in [3.05, 3.63) is 64.1 Å². The number of halogens is 3. The Bertz CT molecular complexity index is 843. The lowest BCUT2D eigenvalue weighted by molar-refractivity contribution is -0.137. The fourth-order valence-corrected chi connectivity index (χ4v) is 1.91. The Labute approximate surface area is 133 Å². The Morgan fingerprint density at radius 3 is 2.50 bits per heavy atom. The molecular formula is C15H11F3N2O4. The van der Waals surface area contributed by atoms with Gasteiger partial charge in [-0.05, 0) is 24.3 Å². The molecule has 0 saturated heterocycles. The van der Waals surface area contributed by atoms with Crippen molar-refractivity contribution in [1.29, 1.82) is 0 Å². The number of pyridine rings is 1. The van der Waals surface area contributed by atoms with Crippen LogP contribution in [-0.4, -0.2) is 21.6 Å². The minimum Gasteiger partial charge on any atom is -0.478 e. The van der Waals surface area contributed by atoms with E-state index in [0.29, 0.717) is 0 Å². The average Bonchev–Trinajstić information content (AvgIpc) is 2.48. The smallest absolute Gasteiger partial charge is 0.416 e. The number of nitrogens with one attached hydrogen (secondary N) is 1. The number of carboxylic acid groups (broad SMARTS) is 1. The SMILES string of the molecule is O=C(Cn1cc(C(=O)O)ccc1=O)Nc1cccc(C(F)(F)F)c1. The van der Waals surface area contributed by atoms with Crippen LogP contribution in [0.25, 0.3) is 0 Å². The maximum atomic E-state index is 12.6. The number of carbonyl (C=O) groups excluding carboxylic acids is 1. The molecule has 24 heavy (non-hydrogen) atoms. The Kier molecular flexibility index (Phi) is 4.72. The van der Waals surface area contributed by atoms with Crippen molar-refractivity contribution in [1.82, 2.24) is 4.57 Å². The molecule has 0 bridgehead atoms. The number of anilines is 1. The molecule has 2 aromatic rings. The fourth-order valence-electron chi connectivity index (χ4n) is 1.91. The predicted molar refractivity (Wildman–Crippen MR) is 77.7 cm³/mol. The second kappa shape index (κ2) is 6.57. The second-order valence-corrected chi connectivity index (χ2v) is 4.82. The summed E-state index contributed by atoms with van der Waals surface area (Å²) in [6.07, 6.45) is -3.57. The van der Waals surface area contributed by atoms with Gasteiger partial charge >= 0.3 is 12.1 Å². The van der Waals surface area contributed by atoms with Gasteiger partial charge in [0.1, 0.15) is 6.54 Å². The standard InChI is InChI=1S/C15H11F3N2O4/c16-15(17,18)10-2-1-3-11(6-10)19-12(21)8-20-7-9(14(23)24)4-5-13(20)22/h1-7H,8H2,(H,19,21)(H,23,24). The molecule has 1 amide bonds. The van der Waals surface area contributed by atoms with E-state index in [0.717, 1.165) is 41.1 Å². The number of aromatic carboxylic acids is 1. The third kappa shape index (κ3) is 4.22. The summed E-state index contributed by atoms with van der Waals surface area (Å²) in [6, 6.07) is 6.09. The van der Waals surface area contributed by atoms with Crippen LogP contribution < -0.4 is 10.9 Å². The molecule has 0 aliphatic carbocycles. The molecule has 0 aliphatic rings. The average molecular weight is 340 g/mol. The van der Waals surface area contributed by atoms with E-state index in [1.165, 1.54) is 6.07 Å². The molecular weight excluding hydrogens is 329 g/mol. The highest BCUT2D eigenvalue weighted by atomic mass is 19.4. The van der Waals surface area contributed by atoms with Gasteiger partial charge in [0, 0.05) is 18.0 Å². The van der Waals surface area contributed by atoms with Gasteiger partial charge in [-0.25, -0.2) is 4.79 Å². The highest BCUT2D eigenvalue weighted by molar-refractivity contribution is 5.91. The van der Waals surface area contributed by atoms with Gasteiger partial charge in [-0.2, -0.15) is 13.2 Å². The predicted octanol–water partition coefficient (Wildman–Crippen LogP) is 2.20. The lowest BCUT2D eigenvalue weighted by Crippen LogP contribution is -2.27. The summed E-state index contributed by atoms with van der Waals surface area (Å²) in [5.41, 5.74) is -1.82. The van der Waals surface area contributed by atoms with E-state index in [1.54, 1.807) is 0 Å². The molecule has 0 atom stereocenters. The van der Waals surface area contributed by atoms with Crippen LogP contribution in [0.2, 0.25) is 0 Å². The molecule has 1 aromatic heterocycles. The van der Waals surface area contributed by atoms with E-state index in [4.69, 9.17) is 5.11 Å². The molecule has 9 heteroatoms. The molecule has 0 aliphatic heterocycles. The summed E-state index contributed by atoms with van der Waals surface area (Å²) < 4.78 is 38.7. The number of hydrogen-bond donors (Lipinski definition) is 2. The van der Waals surface area contributed by atoms with Crippen LogP contribution in [-0.2, 0) is 17.5 Å². The maximum absolute atomic E-state index is 12.6. The number of rotatable bonds is 4. The Balaban J connectivity index is 2.16. The summed E-state index contributed by atoms with van der Waals surface area (Å²) >= 11 is 0. The first-order valence-corrected chi connectivity index (χ1v) is 6.58. The summed E-state index contributed by atoms with van der Waals surface area (Å²) in [5, 5.41) is 11.1. The topological polar surface area (TPSA) is 88.4 Å². The number of carboxylic acids is 1. The molecule has 6 nitrogen and oxygen atoms in total. The van der Waals surface area contributed by atoms with Crippen molar-refractivity contribution in [3.8, 4) is 0 Å². The lowest BCUT2D eigenvalue weighted by Gasteiger charge is -2.11. The van der Waals surface area contributed by atoms with Crippen LogP contribution in [0.1, 0.15) is 15.9 Å². The van der Waals surface area contributed by atoms with Crippen molar-refractivity contribution < 1.29 is 27.9 Å². The number of amides is 1. The zero-order chi connectivity index (χ0) is 17.9. The molecule has 0 radical (unpaired) electrons. The quantitative estimate of drug-likeness (QED) is 0.893. The van der Waals surface area contributed by atoms with Crippen LogP contribution in [0.5, 0.6) is 0 Å². The first kappa shape index (κ1) is 17.3. The van der Waals surface area contributed by atoms with Crippen LogP contribution in [0.3, 0.4) is 0 Å². The molecule has 1 aromatic carbocycles. The number of hydrogen-bond acceptors (Lipinski definition) is 3. The molecule has 1 heterocycles. The van der Waals surface area contributed by atoms with Gasteiger partial charge in [0.05, 0.1) is 11.1 Å².